The molecule has 0 saturated carbocycles. The second kappa shape index (κ2) is 5.80. The van der Waals surface area contributed by atoms with Crippen molar-refractivity contribution in [3.05, 3.63) is 48.5 Å². The monoisotopic (exact) mass is 268 g/mol. The van der Waals surface area contributed by atoms with Gasteiger partial charge in [0.1, 0.15) is 0 Å². The highest BCUT2D eigenvalue weighted by Crippen LogP contribution is 2.50. The second-order valence-corrected chi connectivity index (χ2v) is 7.51. The Labute approximate surface area is 116 Å². The number of unbranched alkanes of at least 4 members (excludes halogenated alkanes) is 3. The molecule has 0 unspecified atom stereocenters. The van der Waals surface area contributed by atoms with Crippen molar-refractivity contribution in [2.24, 2.45) is 0 Å². The van der Waals surface area contributed by atoms with Gasteiger partial charge in [-0.05, 0) is 23.4 Å². The highest BCUT2D eigenvalue weighted by Gasteiger charge is 2.09. The van der Waals surface area contributed by atoms with Gasteiger partial charge in [-0.2, -0.15) is 0 Å². The van der Waals surface area contributed by atoms with Gasteiger partial charge >= 0.3 is 0 Å². The van der Waals surface area contributed by atoms with Gasteiger partial charge in [0.15, 0.2) is 0 Å². The molecule has 3 aromatic rings. The van der Waals surface area contributed by atoms with Crippen LogP contribution in [0.25, 0.3) is 21.0 Å². The standard InChI is InChI=1S/C18H21P/c1-2-3-4-9-14-19-17-12-7-5-10-15(17)16-11-6-8-13-18(16)19/h5-8,10-13H,2-4,9,14H2,1H3. The number of aryl methyl sites for hydroxylation is 1. The summed E-state index contributed by atoms with van der Waals surface area (Å²) in [5.74, 6) is 0. The lowest BCUT2D eigenvalue weighted by Crippen LogP contribution is -1.75. The molecule has 1 heterocycles. The Morgan fingerprint density at radius 3 is 1.89 bits per heavy atom. The van der Waals surface area contributed by atoms with E-state index in [2.05, 4.69) is 55.5 Å². The van der Waals surface area contributed by atoms with Crippen molar-refractivity contribution in [2.45, 2.75) is 38.8 Å². The zero-order valence-electron chi connectivity index (χ0n) is 11.6. The molecule has 0 fully saturated rings. The Morgan fingerprint density at radius 1 is 0.737 bits per heavy atom. The van der Waals surface area contributed by atoms with Gasteiger partial charge in [0.2, 0.25) is 0 Å². The first-order valence-electron chi connectivity index (χ1n) is 7.38. The summed E-state index contributed by atoms with van der Waals surface area (Å²) >= 11 is 0. The first-order chi connectivity index (χ1) is 9.42. The van der Waals surface area contributed by atoms with E-state index in [4.69, 9.17) is 0 Å². The molecular formula is C18H21P. The molecule has 0 aliphatic heterocycles. The topological polar surface area (TPSA) is 0 Å². The van der Waals surface area contributed by atoms with E-state index in [9.17, 15) is 0 Å². The molecule has 0 atom stereocenters. The number of rotatable bonds is 5. The molecule has 0 saturated heterocycles. The summed E-state index contributed by atoms with van der Waals surface area (Å²) in [4.78, 5) is 0. The van der Waals surface area contributed by atoms with Crippen molar-refractivity contribution in [2.75, 3.05) is 0 Å². The summed E-state index contributed by atoms with van der Waals surface area (Å²) in [6, 6.07) is 18.0. The van der Waals surface area contributed by atoms with E-state index >= 15 is 0 Å². The van der Waals surface area contributed by atoms with Gasteiger partial charge in [-0.25, -0.2) is 0 Å². The Hall–Kier alpha value is -1.26. The van der Waals surface area contributed by atoms with Crippen LogP contribution in [0.15, 0.2) is 48.5 Å². The summed E-state index contributed by atoms with van der Waals surface area (Å²) < 4.78 is 0. The minimum absolute atomic E-state index is 0.0934. The first-order valence-corrected chi connectivity index (χ1v) is 8.90. The van der Waals surface area contributed by atoms with E-state index in [0.717, 1.165) is 0 Å². The fourth-order valence-electron chi connectivity index (χ4n) is 2.94. The van der Waals surface area contributed by atoms with Gasteiger partial charge in [-0.15, -0.1) is 7.53 Å². The molecule has 19 heavy (non-hydrogen) atoms. The van der Waals surface area contributed by atoms with E-state index in [1.54, 1.807) is 10.2 Å². The molecule has 0 amide bonds. The zero-order chi connectivity index (χ0) is 13.1. The SMILES string of the molecule is CCCCCCp1c2ccccc2c2ccccc21. The normalized spacial score (nSPS) is 11.4. The fourth-order valence-corrected chi connectivity index (χ4v) is 5.73. The lowest BCUT2D eigenvalue weighted by atomic mass is 10.2. The van der Waals surface area contributed by atoms with Gasteiger partial charge in [-0.3, -0.25) is 0 Å². The third kappa shape index (κ3) is 2.42. The number of benzene rings is 2. The van der Waals surface area contributed by atoms with Crippen LogP contribution in [0.2, 0.25) is 0 Å². The summed E-state index contributed by atoms with van der Waals surface area (Å²) in [5, 5.41) is 6.19. The average molecular weight is 268 g/mol. The Kier molecular flexibility index (Phi) is 3.89. The summed E-state index contributed by atoms with van der Waals surface area (Å²) in [6.07, 6.45) is 6.84. The smallest absolute Gasteiger partial charge is 0.00238 e. The highest BCUT2D eigenvalue weighted by molar-refractivity contribution is 7.60. The van der Waals surface area contributed by atoms with Crippen molar-refractivity contribution in [1.82, 2.24) is 0 Å². The van der Waals surface area contributed by atoms with Gasteiger partial charge in [0.05, 0.1) is 0 Å². The second-order valence-electron chi connectivity index (χ2n) is 5.25. The Balaban J connectivity index is 2.04. The minimum atomic E-state index is -0.0934. The van der Waals surface area contributed by atoms with E-state index in [1.807, 2.05) is 0 Å². The van der Waals surface area contributed by atoms with Gasteiger partial charge in [0, 0.05) is 10.2 Å². The highest BCUT2D eigenvalue weighted by atomic mass is 31.1. The molecule has 0 nitrogen and oxygen atoms in total. The third-order valence-corrected chi connectivity index (χ3v) is 6.62. The number of fused-ring (bicyclic) bond motifs is 3. The largest absolute Gasteiger partial charge is 0.109 e. The number of hydrogen-bond acceptors (Lipinski definition) is 0. The average Bonchev–Trinajstić information content (AvgIpc) is 2.78. The number of hydrogen-bond donors (Lipinski definition) is 0. The fraction of sp³-hybridized carbons (Fsp3) is 0.333. The van der Waals surface area contributed by atoms with Gasteiger partial charge in [-0.1, -0.05) is 74.7 Å². The molecule has 0 spiro atoms. The van der Waals surface area contributed by atoms with Crippen molar-refractivity contribution >= 4 is 28.5 Å². The summed E-state index contributed by atoms with van der Waals surface area (Å²) in [6.45, 7) is 2.28. The van der Waals surface area contributed by atoms with Crippen LogP contribution < -0.4 is 0 Å². The van der Waals surface area contributed by atoms with Crippen LogP contribution in [0, 0.1) is 0 Å². The third-order valence-electron chi connectivity index (χ3n) is 3.92. The van der Waals surface area contributed by atoms with Gasteiger partial charge < -0.3 is 0 Å². The molecular weight excluding hydrogens is 247 g/mol. The van der Waals surface area contributed by atoms with Crippen LogP contribution in [0.3, 0.4) is 0 Å². The van der Waals surface area contributed by atoms with E-state index in [0.29, 0.717) is 0 Å². The predicted octanol–water partition coefficient (Wildman–Crippen LogP) is 6.56. The minimum Gasteiger partial charge on any atom is -0.109 e. The van der Waals surface area contributed by atoms with Crippen LogP contribution in [0.1, 0.15) is 32.6 Å². The van der Waals surface area contributed by atoms with E-state index in [-0.39, 0.29) is 7.53 Å². The van der Waals surface area contributed by atoms with Crippen molar-refractivity contribution < 1.29 is 0 Å². The molecule has 0 N–H and O–H groups in total. The summed E-state index contributed by atoms with van der Waals surface area (Å²) in [7, 11) is -0.0934. The molecule has 0 bridgehead atoms. The molecule has 0 radical (unpaired) electrons. The molecule has 2 aromatic carbocycles. The lowest BCUT2D eigenvalue weighted by Gasteiger charge is -2.02. The molecule has 1 aromatic heterocycles. The van der Waals surface area contributed by atoms with Crippen LogP contribution >= 0.6 is 7.53 Å². The maximum atomic E-state index is 2.35. The molecule has 3 rings (SSSR count). The van der Waals surface area contributed by atoms with Crippen molar-refractivity contribution in [3.8, 4) is 0 Å². The maximum absolute atomic E-state index is 2.35. The zero-order valence-corrected chi connectivity index (χ0v) is 12.5. The van der Waals surface area contributed by atoms with E-state index in [1.165, 1.54) is 42.6 Å². The molecule has 98 valence electrons. The van der Waals surface area contributed by atoms with Crippen LogP contribution in [-0.2, 0) is 6.16 Å². The quantitative estimate of drug-likeness (QED) is 0.460. The molecule has 1 heteroatoms. The Bertz CT molecular complexity index is 625. The van der Waals surface area contributed by atoms with Crippen LogP contribution in [0.4, 0.5) is 0 Å². The maximum Gasteiger partial charge on any atom is 0.00238 e. The molecule has 0 aliphatic rings. The Morgan fingerprint density at radius 2 is 1.32 bits per heavy atom. The summed E-state index contributed by atoms with van der Waals surface area (Å²) in [5.41, 5.74) is 0. The van der Waals surface area contributed by atoms with E-state index < -0.39 is 0 Å². The predicted molar refractivity (Wildman–Crippen MR) is 88.3 cm³/mol. The molecule has 0 aliphatic carbocycles. The van der Waals surface area contributed by atoms with Crippen molar-refractivity contribution in [1.29, 1.82) is 0 Å². The lowest BCUT2D eigenvalue weighted by molar-refractivity contribution is 0.690. The van der Waals surface area contributed by atoms with Crippen LogP contribution in [-0.4, -0.2) is 0 Å². The first kappa shape index (κ1) is 12.8. The van der Waals surface area contributed by atoms with Gasteiger partial charge in [0.25, 0.3) is 0 Å². The van der Waals surface area contributed by atoms with Crippen molar-refractivity contribution in [3.63, 3.8) is 0 Å². The van der Waals surface area contributed by atoms with Crippen LogP contribution in [0.5, 0.6) is 0 Å².